The smallest absolute Gasteiger partial charge is 0.328 e. The van der Waals surface area contributed by atoms with E-state index in [0.717, 1.165) is 27.7 Å². The van der Waals surface area contributed by atoms with Gasteiger partial charge in [-0.25, -0.2) is 4.79 Å². The first kappa shape index (κ1) is 14.3. The normalized spacial score (nSPS) is 12.2. The van der Waals surface area contributed by atoms with Crippen molar-refractivity contribution in [3.63, 3.8) is 0 Å². The Morgan fingerprint density at radius 2 is 1.95 bits per heavy atom. The second kappa shape index (κ2) is 5.08. The molecule has 104 valence electrons. The molecule has 1 N–H and O–H groups in total. The summed E-state index contributed by atoms with van der Waals surface area (Å²) < 4.78 is 0. The molecule has 20 heavy (non-hydrogen) atoms. The number of hydrogen-bond donors (Lipinski definition) is 1. The SMILES string of the molecule is Cc1ccc2nc(C(C)(C)C)cc(/C=C/C(=O)O)c2c1. The van der Waals surface area contributed by atoms with Crippen LogP contribution in [0.1, 0.15) is 37.6 Å². The quantitative estimate of drug-likeness (QED) is 0.840. The van der Waals surface area contributed by atoms with Gasteiger partial charge in [-0.1, -0.05) is 32.4 Å². The standard InChI is InChI=1S/C17H19NO2/c1-11-5-7-14-13(9-11)12(6-8-16(19)20)10-15(18-14)17(2,3)4/h5-10H,1-4H3,(H,19,20)/b8-6+. The first-order valence-electron chi connectivity index (χ1n) is 6.60. The van der Waals surface area contributed by atoms with Crippen LogP contribution in [0.5, 0.6) is 0 Å². The van der Waals surface area contributed by atoms with Gasteiger partial charge in [-0.15, -0.1) is 0 Å². The van der Waals surface area contributed by atoms with Crippen LogP contribution in [-0.2, 0) is 10.2 Å². The maximum Gasteiger partial charge on any atom is 0.328 e. The van der Waals surface area contributed by atoms with E-state index in [1.54, 1.807) is 6.08 Å². The number of carboxylic acids is 1. The third kappa shape index (κ3) is 3.05. The van der Waals surface area contributed by atoms with Crippen LogP contribution in [0, 0.1) is 6.92 Å². The lowest BCUT2D eigenvalue weighted by atomic mass is 9.89. The van der Waals surface area contributed by atoms with Gasteiger partial charge in [0.05, 0.1) is 5.52 Å². The molecule has 0 amide bonds. The largest absolute Gasteiger partial charge is 0.478 e. The summed E-state index contributed by atoms with van der Waals surface area (Å²) in [5, 5.41) is 9.81. The lowest BCUT2D eigenvalue weighted by Crippen LogP contribution is -2.13. The molecule has 0 atom stereocenters. The molecule has 0 bridgehead atoms. The molecule has 0 aliphatic rings. The number of pyridine rings is 1. The highest BCUT2D eigenvalue weighted by atomic mass is 16.4. The Balaban J connectivity index is 2.73. The second-order valence-corrected chi connectivity index (χ2v) is 6.04. The van der Waals surface area contributed by atoms with Crippen molar-refractivity contribution in [3.05, 3.63) is 47.2 Å². The predicted molar refractivity (Wildman–Crippen MR) is 81.8 cm³/mol. The van der Waals surface area contributed by atoms with Crippen molar-refractivity contribution >= 4 is 22.9 Å². The van der Waals surface area contributed by atoms with Crippen LogP contribution in [0.4, 0.5) is 0 Å². The Labute approximate surface area is 119 Å². The number of benzene rings is 1. The highest BCUT2D eigenvalue weighted by Gasteiger charge is 2.17. The summed E-state index contributed by atoms with van der Waals surface area (Å²) in [5.41, 5.74) is 3.80. The summed E-state index contributed by atoms with van der Waals surface area (Å²) in [6.45, 7) is 8.31. The number of nitrogens with zero attached hydrogens (tertiary/aromatic N) is 1. The first-order chi connectivity index (χ1) is 9.27. The summed E-state index contributed by atoms with van der Waals surface area (Å²) >= 11 is 0. The van der Waals surface area contributed by atoms with E-state index < -0.39 is 5.97 Å². The monoisotopic (exact) mass is 269 g/mol. The van der Waals surface area contributed by atoms with Crippen molar-refractivity contribution in [1.29, 1.82) is 0 Å². The van der Waals surface area contributed by atoms with E-state index in [2.05, 4.69) is 20.8 Å². The van der Waals surface area contributed by atoms with Crippen LogP contribution in [0.25, 0.3) is 17.0 Å². The van der Waals surface area contributed by atoms with Crippen molar-refractivity contribution in [2.24, 2.45) is 0 Å². The molecule has 1 aromatic heterocycles. The fraction of sp³-hybridized carbons (Fsp3) is 0.294. The van der Waals surface area contributed by atoms with Crippen molar-refractivity contribution in [1.82, 2.24) is 4.98 Å². The van der Waals surface area contributed by atoms with Crippen LogP contribution in [0.15, 0.2) is 30.3 Å². The molecule has 3 heteroatoms. The zero-order valence-electron chi connectivity index (χ0n) is 12.3. The molecule has 0 fully saturated rings. The summed E-state index contributed by atoms with van der Waals surface area (Å²) in [5.74, 6) is -0.945. The average molecular weight is 269 g/mol. The van der Waals surface area contributed by atoms with E-state index in [0.29, 0.717) is 0 Å². The maximum absolute atomic E-state index is 10.8. The van der Waals surface area contributed by atoms with Crippen molar-refractivity contribution < 1.29 is 9.90 Å². The number of carboxylic acid groups (broad SMARTS) is 1. The van der Waals surface area contributed by atoms with Gasteiger partial charge in [0, 0.05) is 22.6 Å². The molecule has 0 aliphatic heterocycles. The number of aliphatic carboxylic acids is 1. The van der Waals surface area contributed by atoms with Gasteiger partial charge < -0.3 is 5.11 Å². The molecule has 0 radical (unpaired) electrons. The van der Waals surface area contributed by atoms with E-state index in [1.165, 1.54) is 6.08 Å². The number of aromatic nitrogens is 1. The predicted octanol–water partition coefficient (Wildman–Crippen LogP) is 3.94. The van der Waals surface area contributed by atoms with Gasteiger partial charge in [0.15, 0.2) is 0 Å². The van der Waals surface area contributed by atoms with E-state index in [-0.39, 0.29) is 5.41 Å². The van der Waals surface area contributed by atoms with Gasteiger partial charge in [0.2, 0.25) is 0 Å². The molecule has 3 nitrogen and oxygen atoms in total. The zero-order chi connectivity index (χ0) is 14.9. The molecule has 0 unspecified atom stereocenters. The molecule has 0 saturated carbocycles. The molecule has 0 aliphatic carbocycles. The molecule has 0 spiro atoms. The van der Waals surface area contributed by atoms with Crippen LogP contribution in [0.2, 0.25) is 0 Å². The number of hydrogen-bond acceptors (Lipinski definition) is 2. The Hall–Kier alpha value is -2.16. The lowest BCUT2D eigenvalue weighted by molar-refractivity contribution is -0.131. The van der Waals surface area contributed by atoms with Gasteiger partial charge in [-0.2, -0.15) is 0 Å². The van der Waals surface area contributed by atoms with E-state index in [1.807, 2.05) is 31.2 Å². The third-order valence-corrected chi connectivity index (χ3v) is 3.17. The minimum atomic E-state index is -0.945. The summed E-state index contributed by atoms with van der Waals surface area (Å²) in [6.07, 6.45) is 2.81. The highest BCUT2D eigenvalue weighted by Crippen LogP contribution is 2.27. The fourth-order valence-electron chi connectivity index (χ4n) is 2.05. The summed E-state index contributed by atoms with van der Waals surface area (Å²) in [6, 6.07) is 8.02. The molecule has 2 aromatic rings. The molecular formula is C17H19NO2. The van der Waals surface area contributed by atoms with Crippen LogP contribution in [0.3, 0.4) is 0 Å². The van der Waals surface area contributed by atoms with Gasteiger partial charge in [0.1, 0.15) is 0 Å². The highest BCUT2D eigenvalue weighted by molar-refractivity contribution is 5.93. The molecule has 1 aromatic carbocycles. The summed E-state index contributed by atoms with van der Waals surface area (Å²) in [7, 11) is 0. The number of carbonyl (C=O) groups is 1. The zero-order valence-corrected chi connectivity index (χ0v) is 12.3. The van der Waals surface area contributed by atoms with E-state index in [9.17, 15) is 4.79 Å². The Morgan fingerprint density at radius 1 is 1.25 bits per heavy atom. The topological polar surface area (TPSA) is 50.2 Å². The third-order valence-electron chi connectivity index (χ3n) is 3.17. The summed E-state index contributed by atoms with van der Waals surface area (Å²) in [4.78, 5) is 15.4. The maximum atomic E-state index is 10.8. The minimum Gasteiger partial charge on any atom is -0.478 e. The number of aryl methyl sites for hydroxylation is 1. The first-order valence-corrected chi connectivity index (χ1v) is 6.60. The number of rotatable bonds is 2. The molecular weight excluding hydrogens is 250 g/mol. The molecule has 1 heterocycles. The number of fused-ring (bicyclic) bond motifs is 1. The van der Waals surface area contributed by atoms with Gasteiger partial charge in [-0.3, -0.25) is 4.98 Å². The lowest BCUT2D eigenvalue weighted by Gasteiger charge is -2.19. The van der Waals surface area contributed by atoms with Crippen LogP contribution < -0.4 is 0 Å². The van der Waals surface area contributed by atoms with Crippen LogP contribution in [-0.4, -0.2) is 16.1 Å². The van der Waals surface area contributed by atoms with Gasteiger partial charge >= 0.3 is 5.97 Å². The van der Waals surface area contributed by atoms with Crippen molar-refractivity contribution in [3.8, 4) is 0 Å². The molecule has 2 rings (SSSR count). The van der Waals surface area contributed by atoms with Crippen molar-refractivity contribution in [2.75, 3.05) is 0 Å². The Kier molecular flexibility index (Phi) is 3.62. The van der Waals surface area contributed by atoms with Crippen LogP contribution >= 0.6 is 0 Å². The average Bonchev–Trinajstić information content (AvgIpc) is 2.34. The van der Waals surface area contributed by atoms with E-state index in [4.69, 9.17) is 10.1 Å². The second-order valence-electron chi connectivity index (χ2n) is 6.04. The van der Waals surface area contributed by atoms with Gasteiger partial charge in [-0.05, 0) is 36.8 Å². The molecule has 0 saturated heterocycles. The Bertz CT molecular complexity index is 694. The minimum absolute atomic E-state index is 0.0785. The fourth-order valence-corrected chi connectivity index (χ4v) is 2.05. The van der Waals surface area contributed by atoms with Gasteiger partial charge in [0.25, 0.3) is 0 Å². The van der Waals surface area contributed by atoms with Crippen molar-refractivity contribution in [2.45, 2.75) is 33.1 Å². The Morgan fingerprint density at radius 3 is 2.55 bits per heavy atom. The van der Waals surface area contributed by atoms with E-state index >= 15 is 0 Å².